The lowest BCUT2D eigenvalue weighted by molar-refractivity contribution is 0.0691. The molecule has 0 saturated carbocycles. The standard InChI is InChI=1S/C11H10BrN3O3/c1-15-5-8(13-14-15)6-18-10-4-7(12)2-3-9(10)11(16)17/h2-5H,6H2,1H3,(H,16,17). The van der Waals surface area contributed by atoms with Gasteiger partial charge in [-0.2, -0.15) is 0 Å². The lowest BCUT2D eigenvalue weighted by Crippen LogP contribution is -2.03. The Morgan fingerprint density at radius 2 is 2.33 bits per heavy atom. The van der Waals surface area contributed by atoms with Crippen molar-refractivity contribution >= 4 is 21.9 Å². The van der Waals surface area contributed by atoms with Crippen molar-refractivity contribution in [1.29, 1.82) is 0 Å². The molecular formula is C11H10BrN3O3. The first kappa shape index (κ1) is 12.6. The van der Waals surface area contributed by atoms with Gasteiger partial charge in [-0.25, -0.2) is 4.79 Å². The average Bonchev–Trinajstić information content (AvgIpc) is 2.72. The third-order valence-electron chi connectivity index (χ3n) is 2.20. The summed E-state index contributed by atoms with van der Waals surface area (Å²) in [7, 11) is 1.75. The minimum atomic E-state index is -1.03. The summed E-state index contributed by atoms with van der Waals surface area (Å²) in [4.78, 5) is 11.0. The SMILES string of the molecule is Cn1cc(COc2cc(Br)ccc2C(=O)O)nn1. The number of rotatable bonds is 4. The highest BCUT2D eigenvalue weighted by Gasteiger charge is 2.12. The summed E-state index contributed by atoms with van der Waals surface area (Å²) in [5.74, 6) is -0.737. The van der Waals surface area contributed by atoms with E-state index in [9.17, 15) is 4.79 Å². The van der Waals surface area contributed by atoms with E-state index < -0.39 is 5.97 Å². The Kier molecular flexibility index (Phi) is 3.61. The number of halogens is 1. The molecule has 7 heteroatoms. The zero-order valence-corrected chi connectivity index (χ0v) is 11.1. The van der Waals surface area contributed by atoms with Gasteiger partial charge in [0.05, 0.1) is 6.20 Å². The Morgan fingerprint density at radius 3 is 2.94 bits per heavy atom. The van der Waals surface area contributed by atoms with Crippen LogP contribution in [0.2, 0.25) is 0 Å². The van der Waals surface area contributed by atoms with Gasteiger partial charge in [0.1, 0.15) is 23.6 Å². The minimum Gasteiger partial charge on any atom is -0.486 e. The van der Waals surface area contributed by atoms with Crippen LogP contribution in [0.1, 0.15) is 16.1 Å². The van der Waals surface area contributed by atoms with Crippen molar-refractivity contribution in [2.75, 3.05) is 0 Å². The zero-order chi connectivity index (χ0) is 13.1. The van der Waals surface area contributed by atoms with Crippen LogP contribution in [0.25, 0.3) is 0 Å². The molecule has 1 N–H and O–H groups in total. The van der Waals surface area contributed by atoms with Gasteiger partial charge in [-0.3, -0.25) is 4.68 Å². The number of carboxylic acids is 1. The van der Waals surface area contributed by atoms with E-state index in [1.54, 1.807) is 30.1 Å². The molecular weight excluding hydrogens is 302 g/mol. The van der Waals surface area contributed by atoms with E-state index in [2.05, 4.69) is 26.2 Å². The van der Waals surface area contributed by atoms with E-state index in [0.717, 1.165) is 4.47 Å². The second-order valence-electron chi connectivity index (χ2n) is 3.62. The quantitative estimate of drug-likeness (QED) is 0.932. The second-order valence-corrected chi connectivity index (χ2v) is 4.53. The number of aromatic nitrogens is 3. The van der Waals surface area contributed by atoms with Crippen LogP contribution in [0.5, 0.6) is 5.75 Å². The lowest BCUT2D eigenvalue weighted by atomic mass is 10.2. The first-order valence-corrected chi connectivity index (χ1v) is 5.86. The van der Waals surface area contributed by atoms with Crippen molar-refractivity contribution in [3.8, 4) is 5.75 Å². The van der Waals surface area contributed by atoms with Gasteiger partial charge in [-0.05, 0) is 18.2 Å². The fourth-order valence-electron chi connectivity index (χ4n) is 1.41. The predicted octanol–water partition coefficient (Wildman–Crippen LogP) is 1.85. The summed E-state index contributed by atoms with van der Waals surface area (Å²) < 4.78 is 7.76. The maximum absolute atomic E-state index is 11.0. The number of nitrogens with zero attached hydrogens (tertiary/aromatic N) is 3. The van der Waals surface area contributed by atoms with Crippen LogP contribution in [-0.2, 0) is 13.7 Å². The largest absolute Gasteiger partial charge is 0.486 e. The van der Waals surface area contributed by atoms with Crippen molar-refractivity contribution < 1.29 is 14.6 Å². The van der Waals surface area contributed by atoms with E-state index >= 15 is 0 Å². The van der Waals surface area contributed by atoms with Gasteiger partial charge in [0.15, 0.2) is 0 Å². The Labute approximate surface area is 111 Å². The summed E-state index contributed by atoms with van der Waals surface area (Å²) >= 11 is 3.27. The molecule has 0 atom stereocenters. The Bertz CT molecular complexity index is 583. The third kappa shape index (κ3) is 2.86. The molecule has 0 amide bonds. The molecule has 1 aromatic carbocycles. The number of aryl methyl sites for hydroxylation is 1. The van der Waals surface area contributed by atoms with Gasteiger partial charge >= 0.3 is 5.97 Å². The van der Waals surface area contributed by atoms with Gasteiger partial charge in [0, 0.05) is 11.5 Å². The lowest BCUT2D eigenvalue weighted by Gasteiger charge is -2.07. The zero-order valence-electron chi connectivity index (χ0n) is 9.50. The molecule has 0 unspecified atom stereocenters. The highest BCUT2D eigenvalue weighted by Crippen LogP contribution is 2.24. The van der Waals surface area contributed by atoms with Crippen molar-refractivity contribution in [2.24, 2.45) is 7.05 Å². The second kappa shape index (κ2) is 5.18. The summed E-state index contributed by atoms with van der Waals surface area (Å²) in [5, 5.41) is 16.7. The fourth-order valence-corrected chi connectivity index (χ4v) is 1.75. The van der Waals surface area contributed by atoms with Gasteiger partial charge < -0.3 is 9.84 Å². The summed E-state index contributed by atoms with van der Waals surface area (Å²) in [6, 6.07) is 4.75. The van der Waals surface area contributed by atoms with Crippen molar-refractivity contribution in [1.82, 2.24) is 15.0 Å². The molecule has 0 fully saturated rings. The topological polar surface area (TPSA) is 77.2 Å². The summed E-state index contributed by atoms with van der Waals surface area (Å²) in [6.07, 6.45) is 1.71. The Balaban J connectivity index is 2.17. The molecule has 0 bridgehead atoms. The first-order chi connectivity index (χ1) is 8.56. The molecule has 2 rings (SSSR count). The smallest absolute Gasteiger partial charge is 0.339 e. The number of benzene rings is 1. The van der Waals surface area contributed by atoms with E-state index in [4.69, 9.17) is 9.84 Å². The maximum Gasteiger partial charge on any atom is 0.339 e. The van der Waals surface area contributed by atoms with Gasteiger partial charge in [-0.1, -0.05) is 21.1 Å². The molecule has 0 spiro atoms. The Morgan fingerprint density at radius 1 is 1.56 bits per heavy atom. The van der Waals surface area contributed by atoms with E-state index in [1.807, 2.05) is 0 Å². The third-order valence-corrected chi connectivity index (χ3v) is 2.69. The molecule has 0 radical (unpaired) electrons. The van der Waals surface area contributed by atoms with Crippen LogP contribution in [0.4, 0.5) is 0 Å². The monoisotopic (exact) mass is 311 g/mol. The van der Waals surface area contributed by atoms with Crippen LogP contribution in [0, 0.1) is 0 Å². The van der Waals surface area contributed by atoms with Gasteiger partial charge in [0.2, 0.25) is 0 Å². The van der Waals surface area contributed by atoms with E-state index in [-0.39, 0.29) is 12.2 Å². The molecule has 0 aliphatic carbocycles. The summed E-state index contributed by atoms with van der Waals surface area (Å²) in [6.45, 7) is 0.171. The number of carbonyl (C=O) groups is 1. The average molecular weight is 312 g/mol. The van der Waals surface area contributed by atoms with E-state index in [1.165, 1.54) is 6.07 Å². The molecule has 94 valence electrons. The molecule has 18 heavy (non-hydrogen) atoms. The van der Waals surface area contributed by atoms with Crippen LogP contribution in [0.15, 0.2) is 28.9 Å². The van der Waals surface area contributed by atoms with Crippen LogP contribution in [-0.4, -0.2) is 26.1 Å². The first-order valence-electron chi connectivity index (χ1n) is 5.07. The minimum absolute atomic E-state index is 0.113. The number of aromatic carboxylic acids is 1. The van der Waals surface area contributed by atoms with Crippen LogP contribution >= 0.6 is 15.9 Å². The molecule has 0 aliphatic rings. The molecule has 0 aliphatic heterocycles. The highest BCUT2D eigenvalue weighted by atomic mass is 79.9. The Hall–Kier alpha value is -1.89. The number of carboxylic acid groups (broad SMARTS) is 1. The van der Waals surface area contributed by atoms with Crippen molar-refractivity contribution in [2.45, 2.75) is 6.61 Å². The van der Waals surface area contributed by atoms with Crippen LogP contribution < -0.4 is 4.74 Å². The number of hydrogen-bond acceptors (Lipinski definition) is 4. The molecule has 1 heterocycles. The molecule has 2 aromatic rings. The number of hydrogen-bond donors (Lipinski definition) is 1. The normalized spacial score (nSPS) is 10.3. The summed E-state index contributed by atoms with van der Waals surface area (Å²) in [5.41, 5.74) is 0.746. The molecule has 0 saturated heterocycles. The predicted molar refractivity (Wildman–Crippen MR) is 66.4 cm³/mol. The van der Waals surface area contributed by atoms with Gasteiger partial charge in [-0.15, -0.1) is 5.10 Å². The van der Waals surface area contributed by atoms with E-state index in [0.29, 0.717) is 11.4 Å². The highest BCUT2D eigenvalue weighted by molar-refractivity contribution is 9.10. The number of ether oxygens (including phenoxy) is 1. The maximum atomic E-state index is 11.0. The molecule has 1 aromatic heterocycles. The van der Waals surface area contributed by atoms with Crippen molar-refractivity contribution in [3.05, 3.63) is 40.1 Å². The fraction of sp³-hybridized carbons (Fsp3) is 0.182. The van der Waals surface area contributed by atoms with Gasteiger partial charge in [0.25, 0.3) is 0 Å². The molecule has 6 nitrogen and oxygen atoms in total. The van der Waals surface area contributed by atoms with Crippen molar-refractivity contribution in [3.63, 3.8) is 0 Å². The van der Waals surface area contributed by atoms with Crippen LogP contribution in [0.3, 0.4) is 0 Å².